The average Bonchev–Trinajstić information content (AvgIpc) is 3.63. The van der Waals surface area contributed by atoms with Gasteiger partial charge in [0.05, 0.1) is 0 Å². The molecule has 0 bridgehead atoms. The fraction of sp³-hybridized carbons (Fsp3) is 0. The van der Waals surface area contributed by atoms with E-state index in [1.54, 1.807) is 0 Å². The van der Waals surface area contributed by atoms with Gasteiger partial charge in [-0.05, 0) is 132 Å². The molecular formula is C54H35NO. The van der Waals surface area contributed by atoms with E-state index in [0.717, 1.165) is 50.1 Å². The van der Waals surface area contributed by atoms with Crippen molar-refractivity contribution in [3.05, 3.63) is 212 Å². The van der Waals surface area contributed by atoms with E-state index >= 15 is 0 Å². The molecule has 56 heavy (non-hydrogen) atoms. The van der Waals surface area contributed by atoms with Gasteiger partial charge >= 0.3 is 0 Å². The highest BCUT2D eigenvalue weighted by Crippen LogP contribution is 2.41. The highest BCUT2D eigenvalue weighted by Gasteiger charge is 2.16. The Kier molecular flexibility index (Phi) is 7.53. The molecule has 0 fully saturated rings. The molecule has 0 radical (unpaired) electrons. The number of furan rings is 1. The maximum absolute atomic E-state index is 6.43. The highest BCUT2D eigenvalue weighted by atomic mass is 16.3. The molecule has 262 valence electrons. The lowest BCUT2D eigenvalue weighted by atomic mass is 9.93. The number of anilines is 3. The minimum atomic E-state index is 0.899. The van der Waals surface area contributed by atoms with E-state index in [0.29, 0.717) is 0 Å². The van der Waals surface area contributed by atoms with Crippen LogP contribution in [0.4, 0.5) is 17.1 Å². The first kappa shape index (κ1) is 32.0. The molecule has 0 unspecified atom stereocenters. The smallest absolute Gasteiger partial charge is 0.136 e. The molecule has 1 heterocycles. The van der Waals surface area contributed by atoms with Gasteiger partial charge in [0, 0.05) is 27.8 Å². The zero-order valence-corrected chi connectivity index (χ0v) is 30.6. The predicted octanol–water partition coefficient (Wildman–Crippen LogP) is 15.5. The Hall–Kier alpha value is -7.42. The van der Waals surface area contributed by atoms with Crippen LogP contribution < -0.4 is 4.90 Å². The third-order valence-corrected chi connectivity index (χ3v) is 11.2. The Morgan fingerprint density at radius 2 is 0.821 bits per heavy atom. The van der Waals surface area contributed by atoms with Crippen molar-refractivity contribution >= 4 is 71.3 Å². The summed E-state index contributed by atoms with van der Waals surface area (Å²) in [5.41, 5.74) is 12.1. The molecular weight excluding hydrogens is 679 g/mol. The van der Waals surface area contributed by atoms with Gasteiger partial charge in [0.2, 0.25) is 0 Å². The predicted molar refractivity (Wildman–Crippen MR) is 237 cm³/mol. The molecule has 11 rings (SSSR count). The minimum Gasteiger partial charge on any atom is -0.456 e. The van der Waals surface area contributed by atoms with E-state index in [1.165, 1.54) is 54.6 Å². The first-order valence-corrected chi connectivity index (χ1v) is 19.2. The molecule has 0 spiro atoms. The second kappa shape index (κ2) is 13.2. The lowest BCUT2D eigenvalue weighted by Gasteiger charge is -2.26. The average molecular weight is 714 g/mol. The van der Waals surface area contributed by atoms with E-state index in [1.807, 2.05) is 0 Å². The first-order chi connectivity index (χ1) is 27.7. The van der Waals surface area contributed by atoms with Crippen LogP contribution in [0, 0.1) is 0 Å². The van der Waals surface area contributed by atoms with Crippen LogP contribution >= 0.6 is 0 Å². The molecule has 0 saturated carbocycles. The van der Waals surface area contributed by atoms with Crippen LogP contribution in [0.15, 0.2) is 217 Å². The van der Waals surface area contributed by atoms with E-state index in [9.17, 15) is 0 Å². The second-order valence-corrected chi connectivity index (χ2v) is 14.5. The molecule has 0 aliphatic carbocycles. The van der Waals surface area contributed by atoms with Crippen LogP contribution in [-0.2, 0) is 0 Å². The Morgan fingerprint density at radius 3 is 1.59 bits per heavy atom. The fourth-order valence-electron chi connectivity index (χ4n) is 8.43. The molecule has 0 aliphatic rings. The minimum absolute atomic E-state index is 0.899. The van der Waals surface area contributed by atoms with Crippen molar-refractivity contribution in [3.8, 4) is 33.4 Å². The van der Waals surface area contributed by atoms with Crippen molar-refractivity contribution < 1.29 is 4.42 Å². The van der Waals surface area contributed by atoms with Crippen LogP contribution in [-0.4, -0.2) is 0 Å². The summed E-state index contributed by atoms with van der Waals surface area (Å²) in [7, 11) is 0. The van der Waals surface area contributed by atoms with Gasteiger partial charge in [0.15, 0.2) is 0 Å². The molecule has 0 atom stereocenters. The maximum Gasteiger partial charge on any atom is 0.136 e. The summed E-state index contributed by atoms with van der Waals surface area (Å²) in [5, 5.41) is 9.75. The Bertz CT molecular complexity index is 3230. The number of nitrogens with zero attached hydrogens (tertiary/aromatic N) is 1. The van der Waals surface area contributed by atoms with Gasteiger partial charge in [0.1, 0.15) is 11.2 Å². The van der Waals surface area contributed by atoms with Gasteiger partial charge in [-0.3, -0.25) is 0 Å². The fourth-order valence-corrected chi connectivity index (χ4v) is 8.43. The highest BCUT2D eigenvalue weighted by molar-refractivity contribution is 6.14. The number of fused-ring (bicyclic) bond motifs is 7. The van der Waals surface area contributed by atoms with Crippen molar-refractivity contribution in [1.82, 2.24) is 0 Å². The van der Waals surface area contributed by atoms with Crippen molar-refractivity contribution in [2.24, 2.45) is 0 Å². The summed E-state index contributed by atoms with van der Waals surface area (Å²) < 4.78 is 6.43. The maximum atomic E-state index is 6.43. The van der Waals surface area contributed by atoms with E-state index in [2.05, 4.69) is 217 Å². The summed E-state index contributed by atoms with van der Waals surface area (Å²) in [6, 6.07) is 76.5. The number of benzene rings is 10. The Labute approximate surface area is 325 Å². The molecule has 0 aliphatic heterocycles. The molecule has 1 aromatic heterocycles. The van der Waals surface area contributed by atoms with E-state index in [4.69, 9.17) is 4.42 Å². The Balaban J connectivity index is 0.993. The molecule has 0 N–H and O–H groups in total. The number of hydrogen-bond acceptors (Lipinski definition) is 2. The van der Waals surface area contributed by atoms with Crippen molar-refractivity contribution in [2.45, 2.75) is 0 Å². The van der Waals surface area contributed by atoms with Crippen LogP contribution in [0.25, 0.3) is 87.6 Å². The Morgan fingerprint density at radius 1 is 0.268 bits per heavy atom. The van der Waals surface area contributed by atoms with Crippen LogP contribution in [0.5, 0.6) is 0 Å². The topological polar surface area (TPSA) is 16.4 Å². The van der Waals surface area contributed by atoms with Gasteiger partial charge in [-0.15, -0.1) is 0 Å². The molecule has 2 nitrogen and oxygen atoms in total. The van der Waals surface area contributed by atoms with Gasteiger partial charge in [0.25, 0.3) is 0 Å². The SMILES string of the molecule is c1ccc(-c2cccc(N(c3ccc(-c4ccc5c(c4)oc4cc6ccccc6cc45)cc3)c3ccc(-c4cc5ccccc5c5ccccc45)cc3)c2)cc1. The van der Waals surface area contributed by atoms with E-state index in [-0.39, 0.29) is 0 Å². The summed E-state index contributed by atoms with van der Waals surface area (Å²) >= 11 is 0. The van der Waals surface area contributed by atoms with Gasteiger partial charge < -0.3 is 9.32 Å². The third kappa shape index (κ3) is 5.51. The summed E-state index contributed by atoms with van der Waals surface area (Å²) in [4.78, 5) is 2.35. The third-order valence-electron chi connectivity index (χ3n) is 11.2. The lowest BCUT2D eigenvalue weighted by Crippen LogP contribution is -2.10. The molecule has 11 aromatic rings. The normalized spacial score (nSPS) is 11.6. The molecule has 0 saturated heterocycles. The largest absolute Gasteiger partial charge is 0.456 e. The molecule has 0 amide bonds. The van der Waals surface area contributed by atoms with Gasteiger partial charge in [-0.25, -0.2) is 0 Å². The number of rotatable bonds is 6. The first-order valence-electron chi connectivity index (χ1n) is 19.2. The monoisotopic (exact) mass is 713 g/mol. The zero-order chi connectivity index (χ0) is 37.0. The van der Waals surface area contributed by atoms with Crippen LogP contribution in [0.2, 0.25) is 0 Å². The van der Waals surface area contributed by atoms with Gasteiger partial charge in [-0.2, -0.15) is 0 Å². The van der Waals surface area contributed by atoms with Gasteiger partial charge in [-0.1, -0.05) is 146 Å². The lowest BCUT2D eigenvalue weighted by molar-refractivity contribution is 0.669. The number of hydrogen-bond donors (Lipinski definition) is 0. The molecule has 2 heteroatoms. The summed E-state index contributed by atoms with van der Waals surface area (Å²) in [5.74, 6) is 0. The zero-order valence-electron chi connectivity index (χ0n) is 30.6. The quantitative estimate of drug-likeness (QED) is 0.160. The van der Waals surface area contributed by atoms with E-state index < -0.39 is 0 Å². The van der Waals surface area contributed by atoms with Crippen molar-refractivity contribution in [1.29, 1.82) is 0 Å². The second-order valence-electron chi connectivity index (χ2n) is 14.5. The summed E-state index contributed by atoms with van der Waals surface area (Å²) in [6.07, 6.45) is 0. The summed E-state index contributed by atoms with van der Waals surface area (Å²) in [6.45, 7) is 0. The standard InChI is InChI=1S/C54H35NO/c1-2-11-36(12-3-1)39-16-10-17-46(31-39)55(45-28-23-38(24-29-45)51-33-43-15-6-7-18-47(43)48-19-8-9-20-49(48)51)44-26-21-37(22-27-44)42-25-30-50-52-32-40-13-4-5-14-41(40)34-54(52)56-53(50)35-42/h1-35H. The van der Waals surface area contributed by atoms with Crippen LogP contribution in [0.1, 0.15) is 0 Å². The van der Waals surface area contributed by atoms with Crippen LogP contribution in [0.3, 0.4) is 0 Å². The molecule has 10 aromatic carbocycles. The van der Waals surface area contributed by atoms with Crippen molar-refractivity contribution in [3.63, 3.8) is 0 Å². The van der Waals surface area contributed by atoms with Crippen molar-refractivity contribution in [2.75, 3.05) is 4.90 Å².